The third-order valence-corrected chi connectivity index (χ3v) is 7.43. The van der Waals surface area contributed by atoms with Crippen LogP contribution in [0.4, 0.5) is 0 Å². The first-order valence-electron chi connectivity index (χ1n) is 12.1. The number of carbonyl (C=O) groups excluding carboxylic acids is 2. The number of aryl methyl sites for hydroxylation is 2. The molecule has 5 rings (SSSR count). The van der Waals surface area contributed by atoms with Gasteiger partial charge in [-0.25, -0.2) is 0 Å². The zero-order valence-electron chi connectivity index (χ0n) is 18.7. The summed E-state index contributed by atoms with van der Waals surface area (Å²) in [6.45, 7) is 5.24. The van der Waals surface area contributed by atoms with Crippen molar-refractivity contribution >= 4 is 22.7 Å². The predicted molar refractivity (Wildman–Crippen MR) is 122 cm³/mol. The highest BCUT2D eigenvalue weighted by atomic mass is 16.2. The molecule has 0 N–H and O–H groups in total. The highest BCUT2D eigenvalue weighted by Crippen LogP contribution is 2.32. The molecule has 2 saturated heterocycles. The van der Waals surface area contributed by atoms with Crippen LogP contribution in [0.5, 0.6) is 0 Å². The van der Waals surface area contributed by atoms with Gasteiger partial charge in [-0.1, -0.05) is 11.6 Å². The van der Waals surface area contributed by atoms with Crippen LogP contribution in [0.3, 0.4) is 0 Å². The van der Waals surface area contributed by atoms with E-state index in [1.165, 1.54) is 12.0 Å². The van der Waals surface area contributed by atoms with E-state index < -0.39 is 0 Å². The van der Waals surface area contributed by atoms with Crippen LogP contribution in [0.1, 0.15) is 72.1 Å². The van der Waals surface area contributed by atoms with Gasteiger partial charge in [-0.05, 0) is 82.4 Å². The van der Waals surface area contributed by atoms with Crippen molar-refractivity contribution in [3.05, 3.63) is 40.6 Å². The zero-order valence-corrected chi connectivity index (χ0v) is 18.7. The van der Waals surface area contributed by atoms with Gasteiger partial charge in [-0.2, -0.15) is 0 Å². The Morgan fingerprint density at radius 1 is 0.903 bits per heavy atom. The van der Waals surface area contributed by atoms with E-state index in [1.54, 1.807) is 0 Å². The standard InChI is InChI=1S/C26H33N3O2/c1-18-9-10-23-21(17-18)24(20-7-3-4-8-22(20)27-23)26(31)29-15-11-19(12-16-29)25(30)28-13-5-2-6-14-28/h9-10,17,19H,2-8,11-16H2,1H3. The molecule has 0 bridgehead atoms. The first-order chi connectivity index (χ1) is 15.1. The third-order valence-electron chi connectivity index (χ3n) is 7.43. The topological polar surface area (TPSA) is 53.5 Å². The van der Waals surface area contributed by atoms with Gasteiger partial charge in [0.15, 0.2) is 0 Å². The predicted octanol–water partition coefficient (Wildman–Crippen LogP) is 4.29. The molecule has 2 aromatic rings. The number of carbonyl (C=O) groups is 2. The Hall–Kier alpha value is -2.43. The second-order valence-corrected chi connectivity index (χ2v) is 9.59. The molecule has 0 spiro atoms. The smallest absolute Gasteiger partial charge is 0.254 e. The van der Waals surface area contributed by atoms with Crippen molar-refractivity contribution < 1.29 is 9.59 Å². The van der Waals surface area contributed by atoms with E-state index in [4.69, 9.17) is 4.98 Å². The first kappa shape index (κ1) is 20.5. The molecular weight excluding hydrogens is 386 g/mol. The van der Waals surface area contributed by atoms with Gasteiger partial charge in [0.1, 0.15) is 0 Å². The second-order valence-electron chi connectivity index (χ2n) is 9.59. The van der Waals surface area contributed by atoms with Crippen molar-refractivity contribution in [3.63, 3.8) is 0 Å². The van der Waals surface area contributed by atoms with Crippen molar-refractivity contribution in [2.45, 2.75) is 64.7 Å². The molecule has 0 atom stereocenters. The summed E-state index contributed by atoms with van der Waals surface area (Å²) in [5.74, 6) is 0.529. The fourth-order valence-corrected chi connectivity index (χ4v) is 5.64. The quantitative estimate of drug-likeness (QED) is 0.730. The lowest BCUT2D eigenvalue weighted by molar-refractivity contribution is -0.137. The molecule has 2 amide bonds. The lowest BCUT2D eigenvalue weighted by Gasteiger charge is -2.36. The van der Waals surface area contributed by atoms with Crippen LogP contribution in [0.15, 0.2) is 18.2 Å². The van der Waals surface area contributed by atoms with Crippen LogP contribution in [0, 0.1) is 12.8 Å². The fraction of sp³-hybridized carbons (Fsp3) is 0.577. The minimum atomic E-state index is 0.0764. The number of nitrogens with zero attached hydrogens (tertiary/aromatic N) is 3. The van der Waals surface area contributed by atoms with E-state index in [-0.39, 0.29) is 11.8 Å². The van der Waals surface area contributed by atoms with E-state index in [1.807, 2.05) is 4.90 Å². The summed E-state index contributed by atoms with van der Waals surface area (Å²) in [7, 11) is 0. The average molecular weight is 420 g/mol. The first-order valence-corrected chi connectivity index (χ1v) is 12.1. The monoisotopic (exact) mass is 419 g/mol. The van der Waals surface area contributed by atoms with Crippen LogP contribution >= 0.6 is 0 Å². The molecule has 164 valence electrons. The van der Waals surface area contributed by atoms with Gasteiger partial charge in [-0.15, -0.1) is 0 Å². The molecule has 1 aliphatic carbocycles. The van der Waals surface area contributed by atoms with Crippen LogP contribution in [0.25, 0.3) is 10.9 Å². The highest BCUT2D eigenvalue weighted by Gasteiger charge is 2.33. The van der Waals surface area contributed by atoms with Gasteiger partial charge < -0.3 is 9.80 Å². The molecule has 0 saturated carbocycles. The minimum Gasteiger partial charge on any atom is -0.342 e. The number of hydrogen-bond acceptors (Lipinski definition) is 3. The van der Waals surface area contributed by atoms with E-state index >= 15 is 0 Å². The molecule has 1 aromatic carbocycles. The number of hydrogen-bond donors (Lipinski definition) is 0. The summed E-state index contributed by atoms with van der Waals surface area (Å²) < 4.78 is 0. The molecule has 0 radical (unpaired) electrons. The van der Waals surface area contributed by atoms with Crippen molar-refractivity contribution in [2.24, 2.45) is 5.92 Å². The molecule has 0 unspecified atom stereocenters. The number of pyridine rings is 1. The number of aromatic nitrogens is 1. The Morgan fingerprint density at radius 3 is 2.42 bits per heavy atom. The Balaban J connectivity index is 1.38. The zero-order chi connectivity index (χ0) is 21.4. The number of benzene rings is 1. The van der Waals surface area contributed by atoms with Gasteiger partial charge in [-0.3, -0.25) is 14.6 Å². The normalized spacial score (nSPS) is 20.0. The third kappa shape index (κ3) is 3.95. The SMILES string of the molecule is Cc1ccc2nc3c(c(C(=O)N4CCC(C(=O)N5CCCCC5)CC4)c2c1)CCCC3. The van der Waals surface area contributed by atoms with Crippen molar-refractivity contribution in [1.29, 1.82) is 0 Å². The van der Waals surface area contributed by atoms with E-state index in [0.717, 1.165) is 92.2 Å². The Morgan fingerprint density at radius 2 is 1.65 bits per heavy atom. The van der Waals surface area contributed by atoms with Crippen molar-refractivity contribution in [2.75, 3.05) is 26.2 Å². The summed E-state index contributed by atoms with van der Waals surface area (Å²) in [6, 6.07) is 6.26. The van der Waals surface area contributed by atoms with E-state index in [0.29, 0.717) is 19.0 Å². The van der Waals surface area contributed by atoms with E-state index in [2.05, 4.69) is 30.0 Å². The summed E-state index contributed by atoms with van der Waals surface area (Å²) in [6.07, 6.45) is 9.24. The van der Waals surface area contributed by atoms with Crippen molar-refractivity contribution in [3.8, 4) is 0 Å². The molecular formula is C26H33N3O2. The fourth-order valence-electron chi connectivity index (χ4n) is 5.64. The van der Waals surface area contributed by atoms with Crippen LogP contribution < -0.4 is 0 Å². The molecule has 3 aliphatic rings. The van der Waals surface area contributed by atoms with Gasteiger partial charge in [0.05, 0.1) is 11.1 Å². The summed E-state index contributed by atoms with van der Waals surface area (Å²) in [5, 5.41) is 0.997. The summed E-state index contributed by atoms with van der Waals surface area (Å²) in [5.41, 5.74) is 5.25. The molecule has 2 aliphatic heterocycles. The van der Waals surface area contributed by atoms with Crippen molar-refractivity contribution in [1.82, 2.24) is 14.8 Å². The Bertz CT molecular complexity index is 1000. The maximum absolute atomic E-state index is 13.8. The van der Waals surface area contributed by atoms with Crippen LogP contribution in [-0.2, 0) is 17.6 Å². The maximum Gasteiger partial charge on any atom is 0.254 e. The van der Waals surface area contributed by atoms with E-state index in [9.17, 15) is 9.59 Å². The second kappa shape index (κ2) is 8.60. The lowest BCUT2D eigenvalue weighted by Crippen LogP contribution is -2.46. The molecule has 31 heavy (non-hydrogen) atoms. The number of fused-ring (bicyclic) bond motifs is 2. The number of amides is 2. The average Bonchev–Trinajstić information content (AvgIpc) is 2.82. The number of piperidine rings is 2. The Labute approximate surface area is 184 Å². The van der Waals surface area contributed by atoms with Gasteiger partial charge in [0.25, 0.3) is 5.91 Å². The van der Waals surface area contributed by atoms with Gasteiger partial charge in [0, 0.05) is 43.2 Å². The van der Waals surface area contributed by atoms with Crippen LogP contribution in [-0.4, -0.2) is 52.8 Å². The lowest BCUT2D eigenvalue weighted by atomic mass is 9.88. The summed E-state index contributed by atoms with van der Waals surface area (Å²) >= 11 is 0. The molecule has 5 nitrogen and oxygen atoms in total. The molecule has 2 fully saturated rings. The maximum atomic E-state index is 13.8. The minimum absolute atomic E-state index is 0.0764. The molecule has 3 heterocycles. The van der Waals surface area contributed by atoms with Gasteiger partial charge in [0.2, 0.25) is 5.91 Å². The largest absolute Gasteiger partial charge is 0.342 e. The Kier molecular flexibility index (Phi) is 5.68. The highest BCUT2D eigenvalue weighted by molar-refractivity contribution is 6.08. The van der Waals surface area contributed by atoms with Crippen LogP contribution in [0.2, 0.25) is 0 Å². The number of rotatable bonds is 2. The number of likely N-dealkylation sites (tertiary alicyclic amines) is 2. The summed E-state index contributed by atoms with van der Waals surface area (Å²) in [4.78, 5) is 35.7. The molecule has 1 aromatic heterocycles. The van der Waals surface area contributed by atoms with Gasteiger partial charge >= 0.3 is 0 Å². The molecule has 5 heteroatoms.